The molecule has 0 radical (unpaired) electrons. The Bertz CT molecular complexity index is 559. The number of hydrogen-bond acceptors (Lipinski definition) is 5. The van der Waals surface area contributed by atoms with Crippen molar-refractivity contribution < 1.29 is 14.2 Å². The van der Waals surface area contributed by atoms with Crippen molar-refractivity contribution in [3.8, 4) is 5.75 Å². The van der Waals surface area contributed by atoms with E-state index in [1.165, 1.54) is 0 Å². The first-order valence-corrected chi connectivity index (χ1v) is 10.7. The second-order valence-electron chi connectivity index (χ2n) is 7.00. The van der Waals surface area contributed by atoms with Crippen molar-refractivity contribution in [3.63, 3.8) is 0 Å². The molecule has 1 rings (SSSR count). The molecule has 8 heteroatoms. The maximum Gasteiger partial charge on any atom is 0.191 e. The monoisotopic (exact) mass is 536 g/mol. The molecule has 0 aromatic heterocycles. The van der Waals surface area contributed by atoms with Gasteiger partial charge in [-0.25, -0.2) is 4.99 Å². The van der Waals surface area contributed by atoms with Crippen LogP contribution in [-0.4, -0.2) is 77.6 Å². The molecule has 0 aliphatic carbocycles. The lowest BCUT2D eigenvalue weighted by Crippen LogP contribution is -2.39. The van der Waals surface area contributed by atoms with Crippen LogP contribution in [-0.2, 0) is 16.0 Å². The zero-order valence-corrected chi connectivity index (χ0v) is 21.4. The van der Waals surface area contributed by atoms with Crippen LogP contribution in [0.1, 0.15) is 32.3 Å². The Morgan fingerprint density at radius 1 is 1.00 bits per heavy atom. The fraction of sp³-hybridized carbons (Fsp3) is 0.682. The summed E-state index contributed by atoms with van der Waals surface area (Å²) in [4.78, 5) is 6.75. The Balaban J connectivity index is 0.00000841. The summed E-state index contributed by atoms with van der Waals surface area (Å²) >= 11 is 0. The molecule has 0 heterocycles. The molecule has 30 heavy (non-hydrogen) atoms. The number of ether oxygens (including phenoxy) is 3. The number of likely N-dealkylation sites (N-methyl/N-ethyl adjacent to an activating group) is 1. The summed E-state index contributed by atoms with van der Waals surface area (Å²) in [6, 6.07) is 8.10. The van der Waals surface area contributed by atoms with Crippen LogP contribution in [0.15, 0.2) is 29.3 Å². The van der Waals surface area contributed by atoms with Crippen LogP contribution in [0.5, 0.6) is 5.75 Å². The Morgan fingerprint density at radius 3 is 2.47 bits per heavy atom. The second kappa shape index (κ2) is 19.8. The minimum Gasteiger partial charge on any atom is -0.492 e. The van der Waals surface area contributed by atoms with Crippen molar-refractivity contribution >= 4 is 29.9 Å². The summed E-state index contributed by atoms with van der Waals surface area (Å²) in [6.07, 6.45) is 2.26. The topological polar surface area (TPSA) is 67.3 Å². The number of hydrogen-bond donors (Lipinski definition) is 2. The molecule has 1 aromatic rings. The van der Waals surface area contributed by atoms with Gasteiger partial charge < -0.3 is 29.7 Å². The van der Waals surface area contributed by atoms with Gasteiger partial charge in [-0.1, -0.05) is 25.5 Å². The van der Waals surface area contributed by atoms with Gasteiger partial charge in [-0.2, -0.15) is 0 Å². The Hall–Kier alpha value is -1.10. The van der Waals surface area contributed by atoms with Crippen molar-refractivity contribution in [3.05, 3.63) is 29.8 Å². The molecule has 0 atom stereocenters. The fourth-order valence-corrected chi connectivity index (χ4v) is 2.40. The number of rotatable bonds is 16. The Labute approximate surface area is 200 Å². The van der Waals surface area contributed by atoms with E-state index in [2.05, 4.69) is 40.4 Å². The molecule has 0 aliphatic rings. The van der Waals surface area contributed by atoms with E-state index in [4.69, 9.17) is 14.2 Å². The van der Waals surface area contributed by atoms with E-state index in [0.717, 1.165) is 49.8 Å². The van der Waals surface area contributed by atoms with Crippen molar-refractivity contribution in [2.45, 2.75) is 33.2 Å². The Kier molecular flexibility index (Phi) is 19.1. The number of aliphatic imine (C=N–C) groups is 1. The zero-order chi connectivity index (χ0) is 21.2. The number of benzene rings is 1. The third-order valence-corrected chi connectivity index (χ3v) is 4.02. The van der Waals surface area contributed by atoms with Gasteiger partial charge in [0.2, 0.25) is 0 Å². The first-order chi connectivity index (χ1) is 14.2. The van der Waals surface area contributed by atoms with E-state index in [1.54, 1.807) is 0 Å². The molecule has 7 nitrogen and oxygen atoms in total. The van der Waals surface area contributed by atoms with Crippen LogP contribution < -0.4 is 15.4 Å². The molecule has 1 aromatic carbocycles. The second-order valence-corrected chi connectivity index (χ2v) is 7.00. The van der Waals surface area contributed by atoms with Crippen LogP contribution in [0.2, 0.25) is 0 Å². The van der Waals surface area contributed by atoms with Crippen molar-refractivity contribution in [1.29, 1.82) is 0 Å². The fourth-order valence-electron chi connectivity index (χ4n) is 2.40. The minimum atomic E-state index is 0. The standard InChI is InChI=1S/C22H40N4O3.HI/c1-5-7-13-27-16-17-28-14-11-24-22(23-6-2)25-19-20-9-8-10-21(18-20)29-15-12-26(3)4;/h8-10,18H,5-7,11-17,19H2,1-4H3,(H2,23,24,25);1H. The lowest BCUT2D eigenvalue weighted by molar-refractivity contribution is 0.0487. The van der Waals surface area contributed by atoms with Crippen molar-refractivity contribution in [2.24, 2.45) is 4.99 Å². The molecule has 2 N–H and O–H groups in total. The molecule has 0 saturated carbocycles. The Morgan fingerprint density at radius 2 is 1.77 bits per heavy atom. The highest BCUT2D eigenvalue weighted by atomic mass is 127. The SMILES string of the molecule is CCCCOCCOCCNC(=NCc1cccc(OCCN(C)C)c1)NCC.I. The molecule has 0 unspecified atom stereocenters. The summed E-state index contributed by atoms with van der Waals surface area (Å²) in [5, 5.41) is 6.56. The van der Waals surface area contributed by atoms with E-state index < -0.39 is 0 Å². The van der Waals surface area contributed by atoms with Gasteiger partial charge in [0, 0.05) is 26.2 Å². The number of guanidine groups is 1. The average molecular weight is 536 g/mol. The van der Waals surface area contributed by atoms with Gasteiger partial charge in [0.05, 0.1) is 26.4 Å². The predicted molar refractivity (Wildman–Crippen MR) is 135 cm³/mol. The average Bonchev–Trinajstić information content (AvgIpc) is 2.70. The first kappa shape index (κ1) is 28.9. The van der Waals surface area contributed by atoms with Gasteiger partial charge in [-0.15, -0.1) is 24.0 Å². The number of halogens is 1. The molecule has 0 saturated heterocycles. The van der Waals surface area contributed by atoms with Gasteiger partial charge in [0.1, 0.15) is 12.4 Å². The van der Waals surface area contributed by atoms with Crippen molar-refractivity contribution in [2.75, 3.05) is 66.8 Å². The van der Waals surface area contributed by atoms with Gasteiger partial charge in [-0.05, 0) is 45.1 Å². The van der Waals surface area contributed by atoms with E-state index in [-0.39, 0.29) is 24.0 Å². The number of nitrogens with one attached hydrogen (secondary N) is 2. The van der Waals surface area contributed by atoms with Crippen LogP contribution in [0.3, 0.4) is 0 Å². The molecule has 0 spiro atoms. The predicted octanol–water partition coefficient (Wildman–Crippen LogP) is 3.13. The van der Waals surface area contributed by atoms with E-state index in [0.29, 0.717) is 39.5 Å². The minimum absolute atomic E-state index is 0. The zero-order valence-electron chi connectivity index (χ0n) is 19.1. The maximum absolute atomic E-state index is 5.80. The largest absolute Gasteiger partial charge is 0.492 e. The highest BCUT2D eigenvalue weighted by Crippen LogP contribution is 2.14. The summed E-state index contributed by atoms with van der Waals surface area (Å²) in [6.45, 7) is 10.6. The van der Waals surface area contributed by atoms with Crippen LogP contribution in [0.25, 0.3) is 0 Å². The molecular formula is C22H41IN4O3. The number of unbranched alkanes of at least 4 members (excludes halogenated alkanes) is 1. The molecule has 0 amide bonds. The lowest BCUT2D eigenvalue weighted by Gasteiger charge is -2.13. The van der Waals surface area contributed by atoms with E-state index in [9.17, 15) is 0 Å². The van der Waals surface area contributed by atoms with Crippen molar-refractivity contribution in [1.82, 2.24) is 15.5 Å². The van der Waals surface area contributed by atoms with Gasteiger partial charge >= 0.3 is 0 Å². The molecule has 0 fully saturated rings. The van der Waals surface area contributed by atoms with Crippen LogP contribution >= 0.6 is 24.0 Å². The van der Waals surface area contributed by atoms with Gasteiger partial charge in [0.15, 0.2) is 5.96 Å². The maximum atomic E-state index is 5.80. The summed E-state index contributed by atoms with van der Waals surface area (Å²) < 4.78 is 16.9. The van der Waals surface area contributed by atoms with E-state index in [1.807, 2.05) is 32.3 Å². The molecular weight excluding hydrogens is 495 g/mol. The summed E-state index contributed by atoms with van der Waals surface area (Å²) in [5.41, 5.74) is 1.12. The highest BCUT2D eigenvalue weighted by molar-refractivity contribution is 14.0. The molecule has 174 valence electrons. The normalized spacial score (nSPS) is 11.3. The van der Waals surface area contributed by atoms with Gasteiger partial charge in [0.25, 0.3) is 0 Å². The third-order valence-electron chi connectivity index (χ3n) is 4.02. The van der Waals surface area contributed by atoms with Crippen LogP contribution in [0.4, 0.5) is 0 Å². The highest BCUT2D eigenvalue weighted by Gasteiger charge is 2.00. The van der Waals surface area contributed by atoms with Crippen LogP contribution in [0, 0.1) is 0 Å². The van der Waals surface area contributed by atoms with Gasteiger partial charge in [-0.3, -0.25) is 0 Å². The summed E-state index contributed by atoms with van der Waals surface area (Å²) in [7, 11) is 4.08. The molecule has 0 aliphatic heterocycles. The first-order valence-electron chi connectivity index (χ1n) is 10.7. The summed E-state index contributed by atoms with van der Waals surface area (Å²) in [5.74, 6) is 1.67. The molecule has 0 bridgehead atoms. The van der Waals surface area contributed by atoms with E-state index >= 15 is 0 Å². The lowest BCUT2D eigenvalue weighted by atomic mass is 10.2. The smallest absolute Gasteiger partial charge is 0.191 e. The number of nitrogens with zero attached hydrogens (tertiary/aromatic N) is 2. The third kappa shape index (κ3) is 15.7. The quantitative estimate of drug-likeness (QED) is 0.147.